The predicted octanol–water partition coefficient (Wildman–Crippen LogP) is 2.15. The second kappa shape index (κ2) is 7.79. The number of nitrogen functional groups attached to an aromatic ring is 1. The molecule has 6 heteroatoms. The van der Waals surface area contributed by atoms with Gasteiger partial charge in [-0.1, -0.05) is 26.0 Å². The number of carbonyl (C=O) groups is 2. The van der Waals surface area contributed by atoms with Gasteiger partial charge < -0.3 is 11.1 Å². The van der Waals surface area contributed by atoms with Gasteiger partial charge in [-0.3, -0.25) is 10.1 Å². The summed E-state index contributed by atoms with van der Waals surface area (Å²) in [5, 5.41) is 4.92. The summed E-state index contributed by atoms with van der Waals surface area (Å²) in [6.07, 6.45) is 0. The summed E-state index contributed by atoms with van der Waals surface area (Å²) in [6.45, 7) is 6.42. The number of amides is 3. The van der Waals surface area contributed by atoms with Crippen LogP contribution in [0, 0.1) is 12.8 Å². The highest BCUT2D eigenvalue weighted by Gasteiger charge is 2.10. The van der Waals surface area contributed by atoms with Gasteiger partial charge in [0.2, 0.25) is 5.91 Å². The Balaban J connectivity index is 2.40. The number of aryl methyl sites for hydroxylation is 1. The second-order valence-corrected chi connectivity index (χ2v) is 5.94. The molecule has 5 nitrogen and oxygen atoms in total. The van der Waals surface area contributed by atoms with Gasteiger partial charge in [-0.05, 0) is 24.5 Å². The van der Waals surface area contributed by atoms with Crippen molar-refractivity contribution in [2.45, 2.75) is 25.7 Å². The van der Waals surface area contributed by atoms with Crippen LogP contribution in [-0.4, -0.2) is 24.2 Å². The number of thioether (sulfide) groups is 1. The molecular weight excluding hydrogens is 274 g/mol. The van der Waals surface area contributed by atoms with Crippen LogP contribution >= 0.6 is 11.8 Å². The molecule has 0 saturated carbocycles. The third kappa shape index (κ3) is 5.52. The van der Waals surface area contributed by atoms with E-state index in [1.807, 2.05) is 39.0 Å². The summed E-state index contributed by atoms with van der Waals surface area (Å²) in [6, 6.07) is 5.21. The van der Waals surface area contributed by atoms with E-state index in [0.29, 0.717) is 18.2 Å². The lowest BCUT2D eigenvalue weighted by atomic mass is 10.2. The quantitative estimate of drug-likeness (QED) is 0.574. The molecule has 0 saturated heterocycles. The van der Waals surface area contributed by atoms with E-state index in [4.69, 9.17) is 5.73 Å². The number of benzene rings is 1. The SMILES string of the molecule is Cc1cccc(SCC(=O)NC(=O)NCC(C)C)c1N. The zero-order valence-electron chi connectivity index (χ0n) is 12.0. The summed E-state index contributed by atoms with van der Waals surface area (Å²) >= 11 is 1.32. The van der Waals surface area contributed by atoms with Crippen LogP contribution in [0.2, 0.25) is 0 Å². The van der Waals surface area contributed by atoms with Crippen molar-refractivity contribution >= 4 is 29.4 Å². The van der Waals surface area contributed by atoms with Crippen molar-refractivity contribution in [3.8, 4) is 0 Å². The lowest BCUT2D eigenvalue weighted by Gasteiger charge is -2.09. The highest BCUT2D eigenvalue weighted by atomic mass is 32.2. The molecule has 0 unspecified atom stereocenters. The Morgan fingerprint density at radius 2 is 2.05 bits per heavy atom. The van der Waals surface area contributed by atoms with Crippen molar-refractivity contribution in [3.05, 3.63) is 23.8 Å². The van der Waals surface area contributed by atoms with Crippen LogP contribution in [0.25, 0.3) is 0 Å². The summed E-state index contributed by atoms with van der Waals surface area (Å²) in [5.74, 6) is 0.164. The maximum Gasteiger partial charge on any atom is 0.321 e. The van der Waals surface area contributed by atoms with Crippen molar-refractivity contribution in [1.82, 2.24) is 10.6 Å². The van der Waals surface area contributed by atoms with Gasteiger partial charge in [0.15, 0.2) is 0 Å². The van der Waals surface area contributed by atoms with Gasteiger partial charge in [0.1, 0.15) is 0 Å². The van der Waals surface area contributed by atoms with Crippen molar-refractivity contribution < 1.29 is 9.59 Å². The molecule has 110 valence electrons. The first-order chi connectivity index (χ1) is 9.40. The average Bonchev–Trinajstić information content (AvgIpc) is 2.38. The first kappa shape index (κ1) is 16.4. The highest BCUT2D eigenvalue weighted by Crippen LogP contribution is 2.26. The lowest BCUT2D eigenvalue weighted by Crippen LogP contribution is -2.41. The zero-order valence-corrected chi connectivity index (χ0v) is 12.8. The molecule has 1 aromatic carbocycles. The molecule has 0 bridgehead atoms. The standard InChI is InChI=1S/C14H21N3O2S/c1-9(2)7-16-14(19)17-12(18)8-20-11-6-4-5-10(3)13(11)15/h4-6,9H,7-8,15H2,1-3H3,(H2,16,17,18,19). The smallest absolute Gasteiger partial charge is 0.321 e. The molecule has 20 heavy (non-hydrogen) atoms. The number of anilines is 1. The van der Waals surface area contributed by atoms with E-state index in [9.17, 15) is 9.59 Å². The number of carbonyl (C=O) groups excluding carboxylic acids is 2. The molecule has 4 N–H and O–H groups in total. The normalized spacial score (nSPS) is 10.4. The minimum atomic E-state index is -0.457. The maximum absolute atomic E-state index is 11.6. The number of urea groups is 1. The highest BCUT2D eigenvalue weighted by molar-refractivity contribution is 8.00. The van der Waals surface area contributed by atoms with E-state index in [-0.39, 0.29) is 11.7 Å². The van der Waals surface area contributed by atoms with Crippen LogP contribution in [0.4, 0.5) is 10.5 Å². The summed E-state index contributed by atoms with van der Waals surface area (Å²) in [5.41, 5.74) is 7.57. The number of para-hydroxylation sites is 1. The Bertz CT molecular complexity index is 489. The average molecular weight is 295 g/mol. The molecule has 0 fully saturated rings. The third-order valence-electron chi connectivity index (χ3n) is 2.57. The minimum Gasteiger partial charge on any atom is -0.398 e. The van der Waals surface area contributed by atoms with Crippen molar-refractivity contribution in [2.75, 3.05) is 18.0 Å². The maximum atomic E-state index is 11.6. The fourth-order valence-electron chi connectivity index (χ4n) is 1.43. The Labute approximate surface area is 123 Å². The molecule has 0 radical (unpaired) electrons. The van der Waals surface area contributed by atoms with Gasteiger partial charge in [-0.15, -0.1) is 11.8 Å². The van der Waals surface area contributed by atoms with Crippen LogP contribution in [-0.2, 0) is 4.79 Å². The Hall–Kier alpha value is -1.69. The molecular formula is C14H21N3O2S. The number of hydrogen-bond acceptors (Lipinski definition) is 4. The topological polar surface area (TPSA) is 84.2 Å². The number of imide groups is 1. The molecule has 3 amide bonds. The number of nitrogens with two attached hydrogens (primary N) is 1. The van der Waals surface area contributed by atoms with Gasteiger partial charge >= 0.3 is 6.03 Å². The van der Waals surface area contributed by atoms with E-state index in [0.717, 1.165) is 10.5 Å². The van der Waals surface area contributed by atoms with Crippen LogP contribution in [0.3, 0.4) is 0 Å². The van der Waals surface area contributed by atoms with E-state index in [1.54, 1.807) is 0 Å². The number of rotatable bonds is 5. The Kier molecular flexibility index (Phi) is 6.38. The van der Waals surface area contributed by atoms with Gasteiger partial charge in [0.25, 0.3) is 0 Å². The molecule has 0 aliphatic rings. The third-order valence-corrected chi connectivity index (χ3v) is 3.64. The fourth-order valence-corrected chi connectivity index (χ4v) is 2.28. The molecule has 1 aromatic rings. The van der Waals surface area contributed by atoms with Crippen LogP contribution in [0.15, 0.2) is 23.1 Å². The van der Waals surface area contributed by atoms with Crippen molar-refractivity contribution in [1.29, 1.82) is 0 Å². The fraction of sp³-hybridized carbons (Fsp3) is 0.429. The molecule has 0 atom stereocenters. The van der Waals surface area contributed by atoms with Crippen molar-refractivity contribution in [2.24, 2.45) is 5.92 Å². The largest absolute Gasteiger partial charge is 0.398 e. The molecule has 0 spiro atoms. The van der Waals surface area contributed by atoms with Crippen LogP contribution in [0.5, 0.6) is 0 Å². The number of nitrogens with one attached hydrogen (secondary N) is 2. The first-order valence-electron chi connectivity index (χ1n) is 6.45. The lowest BCUT2D eigenvalue weighted by molar-refractivity contribution is -0.117. The van der Waals surface area contributed by atoms with E-state index < -0.39 is 6.03 Å². The Morgan fingerprint density at radius 3 is 2.70 bits per heavy atom. The van der Waals surface area contributed by atoms with Crippen molar-refractivity contribution in [3.63, 3.8) is 0 Å². The van der Waals surface area contributed by atoms with Gasteiger partial charge in [0, 0.05) is 17.1 Å². The first-order valence-corrected chi connectivity index (χ1v) is 7.44. The minimum absolute atomic E-state index is 0.156. The van der Waals surface area contributed by atoms with E-state index >= 15 is 0 Å². The second-order valence-electron chi connectivity index (χ2n) is 4.93. The molecule has 0 aliphatic carbocycles. The zero-order chi connectivity index (χ0) is 15.1. The molecule has 1 rings (SSSR count). The predicted molar refractivity (Wildman–Crippen MR) is 82.7 cm³/mol. The molecule has 0 heterocycles. The summed E-state index contributed by atoms with van der Waals surface area (Å²) < 4.78 is 0. The van der Waals surface area contributed by atoms with E-state index in [2.05, 4.69) is 10.6 Å². The van der Waals surface area contributed by atoms with Crippen LogP contribution in [0.1, 0.15) is 19.4 Å². The van der Waals surface area contributed by atoms with Gasteiger partial charge in [-0.2, -0.15) is 0 Å². The van der Waals surface area contributed by atoms with Gasteiger partial charge in [0.05, 0.1) is 5.75 Å². The Morgan fingerprint density at radius 1 is 1.35 bits per heavy atom. The number of hydrogen-bond donors (Lipinski definition) is 3. The summed E-state index contributed by atoms with van der Waals surface area (Å²) in [7, 11) is 0. The summed E-state index contributed by atoms with van der Waals surface area (Å²) in [4.78, 5) is 23.9. The van der Waals surface area contributed by atoms with E-state index in [1.165, 1.54) is 11.8 Å². The molecule has 0 aromatic heterocycles. The van der Waals surface area contributed by atoms with Crippen LogP contribution < -0.4 is 16.4 Å². The van der Waals surface area contributed by atoms with Gasteiger partial charge in [-0.25, -0.2) is 4.79 Å². The monoisotopic (exact) mass is 295 g/mol. The molecule has 0 aliphatic heterocycles.